The van der Waals surface area contributed by atoms with Crippen molar-refractivity contribution < 1.29 is 18.7 Å². The summed E-state index contributed by atoms with van der Waals surface area (Å²) >= 11 is 0. The predicted molar refractivity (Wildman–Crippen MR) is 68.4 cm³/mol. The summed E-state index contributed by atoms with van der Waals surface area (Å²) in [5.41, 5.74) is -1.50. The second-order valence-electron chi connectivity index (χ2n) is 4.32. The number of carboxylic acid groups (broad SMARTS) is 1. The quantitative estimate of drug-likeness (QED) is 0.918. The van der Waals surface area contributed by atoms with Gasteiger partial charge in [0, 0.05) is 11.3 Å². The molecule has 0 saturated heterocycles. The van der Waals surface area contributed by atoms with E-state index >= 15 is 0 Å². The van der Waals surface area contributed by atoms with Gasteiger partial charge in [0.15, 0.2) is 0 Å². The molecule has 0 radical (unpaired) electrons. The van der Waals surface area contributed by atoms with E-state index in [0.29, 0.717) is 0 Å². The molecule has 1 heterocycles. The largest absolute Gasteiger partial charge is 0.477 e. The number of carbonyl (C=O) groups is 1. The first kappa shape index (κ1) is 13.9. The van der Waals surface area contributed by atoms with E-state index < -0.39 is 28.7 Å². The maximum absolute atomic E-state index is 14.1. The molecular formula is C14H11F2NO3. The zero-order valence-electron chi connectivity index (χ0n) is 10.8. The number of hydrogen-bond acceptors (Lipinski definition) is 2. The topological polar surface area (TPSA) is 59.3 Å². The van der Waals surface area contributed by atoms with Crippen molar-refractivity contribution in [1.29, 1.82) is 0 Å². The molecule has 1 N–H and O–H groups in total. The number of pyridine rings is 1. The van der Waals surface area contributed by atoms with E-state index in [4.69, 9.17) is 5.11 Å². The van der Waals surface area contributed by atoms with Crippen molar-refractivity contribution >= 4 is 5.97 Å². The molecule has 6 heteroatoms. The van der Waals surface area contributed by atoms with Gasteiger partial charge in [0.1, 0.15) is 17.2 Å². The number of aromatic nitrogens is 1. The standard InChI is InChI=1S/C14H11F2NO3/c1-7-11(14(19)20)13(18)17(8(2)12(7)16)10-5-3-9(15)4-6-10/h3-6H,1-2H3,(H,19,20). The van der Waals surface area contributed by atoms with Gasteiger partial charge in [-0.05, 0) is 38.1 Å². The molecule has 1 aromatic heterocycles. The van der Waals surface area contributed by atoms with Crippen molar-refractivity contribution in [3.63, 3.8) is 0 Å². The van der Waals surface area contributed by atoms with Crippen molar-refractivity contribution in [2.45, 2.75) is 13.8 Å². The molecule has 2 rings (SSSR count). The van der Waals surface area contributed by atoms with Crippen molar-refractivity contribution in [2.24, 2.45) is 0 Å². The van der Waals surface area contributed by atoms with Gasteiger partial charge in [-0.3, -0.25) is 9.36 Å². The number of carboxylic acids is 1. The first-order chi connectivity index (χ1) is 9.34. The Balaban J connectivity index is 2.86. The number of benzene rings is 1. The van der Waals surface area contributed by atoms with Crippen LogP contribution in [0.5, 0.6) is 0 Å². The summed E-state index contributed by atoms with van der Waals surface area (Å²) in [6.07, 6.45) is 0. The molecule has 0 aliphatic heterocycles. The lowest BCUT2D eigenvalue weighted by Crippen LogP contribution is -2.29. The van der Waals surface area contributed by atoms with Crippen LogP contribution < -0.4 is 5.56 Å². The van der Waals surface area contributed by atoms with Crippen LogP contribution in [0.3, 0.4) is 0 Å². The molecule has 104 valence electrons. The summed E-state index contributed by atoms with van der Waals surface area (Å²) in [4.78, 5) is 23.3. The van der Waals surface area contributed by atoms with E-state index in [9.17, 15) is 18.4 Å². The highest BCUT2D eigenvalue weighted by Gasteiger charge is 2.22. The van der Waals surface area contributed by atoms with Crippen LogP contribution in [0.4, 0.5) is 8.78 Å². The third-order valence-corrected chi connectivity index (χ3v) is 3.07. The van der Waals surface area contributed by atoms with Crippen molar-refractivity contribution in [2.75, 3.05) is 0 Å². The van der Waals surface area contributed by atoms with Gasteiger partial charge in [-0.25, -0.2) is 13.6 Å². The second-order valence-corrected chi connectivity index (χ2v) is 4.32. The fourth-order valence-electron chi connectivity index (χ4n) is 2.06. The Kier molecular flexibility index (Phi) is 3.40. The molecule has 0 fully saturated rings. The summed E-state index contributed by atoms with van der Waals surface area (Å²) in [6, 6.07) is 4.78. The SMILES string of the molecule is Cc1c(F)c(C)n(-c2ccc(F)cc2)c(=O)c1C(=O)O. The van der Waals surface area contributed by atoms with Crippen LogP contribution in [0, 0.1) is 25.5 Å². The number of hydrogen-bond donors (Lipinski definition) is 1. The molecule has 0 aliphatic rings. The van der Waals surface area contributed by atoms with Gasteiger partial charge in [-0.15, -0.1) is 0 Å². The van der Waals surface area contributed by atoms with Crippen LogP contribution in [0.1, 0.15) is 21.6 Å². The highest BCUT2D eigenvalue weighted by atomic mass is 19.1. The molecule has 1 aromatic carbocycles. The van der Waals surface area contributed by atoms with Gasteiger partial charge in [-0.1, -0.05) is 0 Å². The average molecular weight is 279 g/mol. The number of halogens is 2. The Labute approximate surface area is 112 Å². The van der Waals surface area contributed by atoms with Gasteiger partial charge < -0.3 is 5.11 Å². The van der Waals surface area contributed by atoms with Crippen LogP contribution in [0.15, 0.2) is 29.1 Å². The lowest BCUT2D eigenvalue weighted by molar-refractivity contribution is 0.0693. The normalized spacial score (nSPS) is 10.6. The molecule has 0 saturated carbocycles. The molecule has 4 nitrogen and oxygen atoms in total. The van der Waals surface area contributed by atoms with Gasteiger partial charge in [0.2, 0.25) is 0 Å². The van der Waals surface area contributed by atoms with Crippen LogP contribution in [0.2, 0.25) is 0 Å². The summed E-state index contributed by atoms with van der Waals surface area (Å²) in [7, 11) is 0. The maximum atomic E-state index is 14.1. The summed E-state index contributed by atoms with van der Waals surface area (Å²) < 4.78 is 27.9. The summed E-state index contributed by atoms with van der Waals surface area (Å²) in [5.74, 6) is -2.78. The first-order valence-corrected chi connectivity index (χ1v) is 5.75. The third kappa shape index (κ3) is 2.09. The molecule has 0 spiro atoms. The van der Waals surface area contributed by atoms with Gasteiger partial charge in [0.25, 0.3) is 5.56 Å². The molecule has 0 unspecified atom stereocenters. The van der Waals surface area contributed by atoms with E-state index in [0.717, 1.165) is 16.7 Å². The summed E-state index contributed by atoms with van der Waals surface area (Å²) in [6.45, 7) is 2.60. The van der Waals surface area contributed by atoms with E-state index in [1.807, 2.05) is 0 Å². The highest BCUT2D eigenvalue weighted by molar-refractivity contribution is 5.89. The minimum absolute atomic E-state index is 0.0240. The molecule has 0 bridgehead atoms. The molecule has 0 atom stereocenters. The lowest BCUT2D eigenvalue weighted by atomic mass is 10.1. The van der Waals surface area contributed by atoms with Crippen LogP contribution >= 0.6 is 0 Å². The first-order valence-electron chi connectivity index (χ1n) is 5.75. The Morgan fingerprint density at radius 1 is 1.15 bits per heavy atom. The zero-order valence-corrected chi connectivity index (χ0v) is 10.8. The highest BCUT2D eigenvalue weighted by Crippen LogP contribution is 2.17. The van der Waals surface area contributed by atoms with Crippen LogP contribution in [-0.2, 0) is 0 Å². The minimum atomic E-state index is -1.50. The van der Waals surface area contributed by atoms with E-state index in [1.54, 1.807) is 0 Å². The minimum Gasteiger partial charge on any atom is -0.477 e. The Bertz CT molecular complexity index is 748. The number of aromatic carboxylic acids is 1. The average Bonchev–Trinajstić information content (AvgIpc) is 2.38. The molecule has 2 aromatic rings. The van der Waals surface area contributed by atoms with Gasteiger partial charge >= 0.3 is 5.97 Å². The Morgan fingerprint density at radius 2 is 1.70 bits per heavy atom. The maximum Gasteiger partial charge on any atom is 0.341 e. The van der Waals surface area contributed by atoms with Crippen molar-refractivity contribution in [3.05, 3.63) is 63.1 Å². The Morgan fingerprint density at radius 3 is 2.20 bits per heavy atom. The van der Waals surface area contributed by atoms with E-state index in [2.05, 4.69) is 0 Å². The molecular weight excluding hydrogens is 268 g/mol. The lowest BCUT2D eigenvalue weighted by Gasteiger charge is -2.14. The van der Waals surface area contributed by atoms with E-state index in [1.165, 1.54) is 26.0 Å². The number of rotatable bonds is 2. The van der Waals surface area contributed by atoms with Crippen molar-refractivity contribution in [3.8, 4) is 5.69 Å². The summed E-state index contributed by atoms with van der Waals surface area (Å²) in [5, 5.41) is 9.04. The number of nitrogens with zero attached hydrogens (tertiary/aromatic N) is 1. The molecule has 0 aliphatic carbocycles. The third-order valence-electron chi connectivity index (χ3n) is 3.07. The molecule has 20 heavy (non-hydrogen) atoms. The zero-order chi connectivity index (χ0) is 15.0. The van der Waals surface area contributed by atoms with Gasteiger partial charge in [0.05, 0.1) is 5.69 Å². The second kappa shape index (κ2) is 4.88. The van der Waals surface area contributed by atoms with Crippen LogP contribution in [0.25, 0.3) is 5.69 Å². The predicted octanol–water partition coefficient (Wildman–Crippen LogP) is 2.43. The smallest absolute Gasteiger partial charge is 0.341 e. The monoisotopic (exact) mass is 279 g/mol. The van der Waals surface area contributed by atoms with Gasteiger partial charge in [-0.2, -0.15) is 0 Å². The fraction of sp³-hybridized carbons (Fsp3) is 0.143. The fourth-order valence-corrected chi connectivity index (χ4v) is 2.06. The van der Waals surface area contributed by atoms with Crippen molar-refractivity contribution in [1.82, 2.24) is 4.57 Å². The van der Waals surface area contributed by atoms with Crippen LogP contribution in [-0.4, -0.2) is 15.6 Å². The van der Waals surface area contributed by atoms with E-state index in [-0.39, 0.29) is 16.9 Å². The Hall–Kier alpha value is -2.50. The molecule has 0 amide bonds.